The van der Waals surface area contributed by atoms with Crippen LogP contribution in [0.15, 0.2) is 42.5 Å². The highest BCUT2D eigenvalue weighted by Gasteiger charge is 2.81. The summed E-state index contributed by atoms with van der Waals surface area (Å²) in [4.78, 5) is 2.93. The highest BCUT2D eigenvalue weighted by molar-refractivity contribution is 5.61. The van der Waals surface area contributed by atoms with Gasteiger partial charge in [-0.05, 0) is 94.9 Å². The number of methoxy groups -OCH3 is 1. The van der Waals surface area contributed by atoms with Crippen LogP contribution in [0.4, 0.5) is 0 Å². The van der Waals surface area contributed by atoms with E-state index < -0.39 is 0 Å². The Labute approximate surface area is 228 Å². The van der Waals surface area contributed by atoms with E-state index in [0.717, 1.165) is 12.3 Å². The Hall–Kier alpha value is -1.88. The number of hydrogen-bond donors (Lipinski definition) is 0. The predicted molar refractivity (Wildman–Crippen MR) is 149 cm³/mol. The largest absolute Gasteiger partial charge is 0.486 e. The van der Waals surface area contributed by atoms with Gasteiger partial charge in [-0.2, -0.15) is 0 Å². The minimum Gasteiger partial charge on any atom is -0.486 e. The molecule has 38 heavy (non-hydrogen) atoms. The Kier molecular flexibility index (Phi) is 4.96. The van der Waals surface area contributed by atoms with Gasteiger partial charge in [-0.25, -0.2) is 0 Å². The summed E-state index contributed by atoms with van der Waals surface area (Å²) < 4.78 is 20.9. The number of likely N-dealkylation sites (tertiary alicyclic amines) is 1. The maximum atomic E-state index is 7.25. The van der Waals surface area contributed by atoms with Crippen molar-refractivity contribution in [3.63, 3.8) is 0 Å². The van der Waals surface area contributed by atoms with Crippen LogP contribution in [0.1, 0.15) is 74.6 Å². The lowest BCUT2D eigenvalue weighted by atomic mass is 9.34. The van der Waals surface area contributed by atoms with Crippen molar-refractivity contribution in [3.8, 4) is 5.75 Å². The number of piperidine rings is 1. The molecule has 4 heteroatoms. The smallest absolute Gasteiger partial charge is 0.138 e. The molecule has 5 fully saturated rings. The van der Waals surface area contributed by atoms with Gasteiger partial charge in [0.1, 0.15) is 17.5 Å². The van der Waals surface area contributed by atoms with Gasteiger partial charge in [0, 0.05) is 42.0 Å². The fourth-order valence-electron chi connectivity index (χ4n) is 10.3. The van der Waals surface area contributed by atoms with Crippen molar-refractivity contribution in [2.75, 3.05) is 20.2 Å². The van der Waals surface area contributed by atoms with Crippen molar-refractivity contribution in [2.24, 2.45) is 17.3 Å². The zero-order valence-electron chi connectivity index (χ0n) is 23.6. The lowest BCUT2D eigenvalue weighted by Crippen LogP contribution is -2.82. The molecular weight excluding hydrogens is 470 g/mol. The first-order chi connectivity index (χ1) is 18.3. The molecule has 0 N–H and O–H groups in total. The van der Waals surface area contributed by atoms with E-state index in [9.17, 15) is 0 Å². The molecule has 0 radical (unpaired) electrons. The minimum absolute atomic E-state index is 0.0624. The van der Waals surface area contributed by atoms with E-state index in [1.165, 1.54) is 68.5 Å². The van der Waals surface area contributed by atoms with E-state index in [1.807, 2.05) is 7.11 Å². The predicted octanol–water partition coefficient (Wildman–Crippen LogP) is 6.21. The molecule has 0 aromatic heterocycles. The van der Waals surface area contributed by atoms with Gasteiger partial charge in [0.05, 0.1) is 12.2 Å². The second kappa shape index (κ2) is 7.86. The highest BCUT2D eigenvalue weighted by Crippen LogP contribution is 2.77. The number of fused-ring (bicyclic) bond motifs is 2. The van der Waals surface area contributed by atoms with Crippen LogP contribution >= 0.6 is 0 Å². The zero-order valence-corrected chi connectivity index (χ0v) is 23.6. The van der Waals surface area contributed by atoms with E-state index in [1.54, 1.807) is 11.1 Å². The van der Waals surface area contributed by atoms with E-state index in [4.69, 9.17) is 14.2 Å². The molecule has 2 heterocycles. The maximum Gasteiger partial charge on any atom is 0.138 e. The Bertz CT molecular complexity index is 1270. The molecule has 1 saturated heterocycles. The average Bonchev–Trinajstić information content (AvgIpc) is 3.67. The van der Waals surface area contributed by atoms with Gasteiger partial charge in [-0.3, -0.25) is 4.90 Å². The number of hydrogen-bond acceptors (Lipinski definition) is 4. The molecule has 2 spiro atoms. The SMILES string of the molecule is COC12CCC3(C[C@@H]1C(C)(C)OCc1ccccc1)[C@H]1Cc4ccc(C)c5c4[C@@]3(CCN1CC1CC1)[C@H]2O5. The van der Waals surface area contributed by atoms with Gasteiger partial charge in [-0.1, -0.05) is 42.5 Å². The summed E-state index contributed by atoms with van der Waals surface area (Å²) in [5, 5.41) is 0. The summed E-state index contributed by atoms with van der Waals surface area (Å²) in [6.07, 6.45) is 8.75. The summed E-state index contributed by atoms with van der Waals surface area (Å²) in [7, 11) is 1.96. The quantitative estimate of drug-likeness (QED) is 0.440. The fraction of sp³-hybridized carbons (Fsp3) is 0.647. The van der Waals surface area contributed by atoms with Gasteiger partial charge in [0.15, 0.2) is 0 Å². The number of aryl methyl sites for hydroxylation is 1. The summed E-state index contributed by atoms with van der Waals surface area (Å²) in [6, 6.07) is 16.0. The molecule has 9 rings (SSSR count). The molecule has 0 amide bonds. The van der Waals surface area contributed by atoms with E-state index in [2.05, 4.69) is 68.1 Å². The third-order valence-corrected chi connectivity index (χ3v) is 12.2. The number of benzene rings is 2. The fourth-order valence-corrected chi connectivity index (χ4v) is 10.3. The van der Waals surface area contributed by atoms with Gasteiger partial charge in [-0.15, -0.1) is 0 Å². The normalized spacial score (nSPS) is 38.7. The van der Waals surface area contributed by atoms with Crippen molar-refractivity contribution >= 4 is 0 Å². The van der Waals surface area contributed by atoms with Crippen LogP contribution in [0, 0.1) is 24.2 Å². The second-order valence-corrected chi connectivity index (χ2v) is 14.1. The molecule has 6 atom stereocenters. The molecule has 4 saturated carbocycles. The van der Waals surface area contributed by atoms with Crippen LogP contribution in [-0.2, 0) is 27.9 Å². The summed E-state index contributed by atoms with van der Waals surface area (Å²) in [5.41, 5.74) is 5.27. The molecule has 7 aliphatic rings. The Morgan fingerprint density at radius 1 is 1.05 bits per heavy atom. The zero-order chi connectivity index (χ0) is 25.9. The van der Waals surface area contributed by atoms with Gasteiger partial charge >= 0.3 is 0 Å². The van der Waals surface area contributed by atoms with Crippen molar-refractivity contribution in [3.05, 3.63) is 64.7 Å². The van der Waals surface area contributed by atoms with Crippen molar-refractivity contribution < 1.29 is 14.2 Å². The van der Waals surface area contributed by atoms with Gasteiger partial charge in [0.25, 0.3) is 0 Å². The molecule has 4 nitrogen and oxygen atoms in total. The molecule has 4 bridgehead atoms. The standard InChI is InChI=1S/C34H43NO3/c1-22-10-13-25-18-27-32-14-15-34(36-4,26(19-32)31(2,3)37-21-24-8-6-5-7-9-24)30-33(32,28(25)29(22)38-30)16-17-35(27)20-23-11-12-23/h5-10,13,23,26-27,30H,11-12,14-21H2,1-4H3/t26-,27-,30-,32?,33+,34?/m1/s1. The van der Waals surface area contributed by atoms with Crippen LogP contribution in [0.3, 0.4) is 0 Å². The first kappa shape index (κ1) is 24.0. The van der Waals surface area contributed by atoms with Crippen LogP contribution in [0.2, 0.25) is 0 Å². The lowest BCUT2D eigenvalue weighted by Gasteiger charge is -2.75. The molecular formula is C34H43NO3. The maximum absolute atomic E-state index is 7.25. The number of rotatable bonds is 7. The Morgan fingerprint density at radius 2 is 1.87 bits per heavy atom. The monoisotopic (exact) mass is 513 g/mol. The molecule has 202 valence electrons. The third kappa shape index (κ3) is 2.87. The summed E-state index contributed by atoms with van der Waals surface area (Å²) in [5.74, 6) is 2.38. The minimum atomic E-state index is -0.342. The van der Waals surface area contributed by atoms with Gasteiger partial charge < -0.3 is 14.2 Å². The van der Waals surface area contributed by atoms with Crippen LogP contribution < -0.4 is 4.74 Å². The van der Waals surface area contributed by atoms with Crippen molar-refractivity contribution in [1.29, 1.82) is 0 Å². The summed E-state index contributed by atoms with van der Waals surface area (Å²) >= 11 is 0. The summed E-state index contributed by atoms with van der Waals surface area (Å²) in [6.45, 7) is 10.0. The molecule has 2 aromatic rings. The second-order valence-electron chi connectivity index (χ2n) is 14.1. The molecule has 2 unspecified atom stereocenters. The Morgan fingerprint density at radius 3 is 2.63 bits per heavy atom. The van der Waals surface area contributed by atoms with E-state index in [0.29, 0.717) is 12.6 Å². The lowest BCUT2D eigenvalue weighted by molar-refractivity contribution is -0.305. The van der Waals surface area contributed by atoms with E-state index >= 15 is 0 Å². The topological polar surface area (TPSA) is 30.9 Å². The van der Waals surface area contributed by atoms with Crippen molar-refractivity contribution in [1.82, 2.24) is 4.90 Å². The number of nitrogens with zero attached hydrogens (tertiary/aromatic N) is 1. The first-order valence-corrected chi connectivity index (χ1v) is 15.1. The van der Waals surface area contributed by atoms with Crippen LogP contribution in [0.25, 0.3) is 0 Å². The van der Waals surface area contributed by atoms with Crippen LogP contribution in [-0.4, -0.2) is 48.4 Å². The number of ether oxygens (including phenoxy) is 3. The molecule has 2 aliphatic heterocycles. The molecule has 2 aromatic carbocycles. The van der Waals surface area contributed by atoms with Crippen molar-refractivity contribution in [2.45, 2.75) is 101 Å². The van der Waals surface area contributed by atoms with Gasteiger partial charge in [0.2, 0.25) is 0 Å². The van der Waals surface area contributed by atoms with E-state index in [-0.39, 0.29) is 34.1 Å². The Balaban J connectivity index is 1.26. The van der Waals surface area contributed by atoms with Crippen LogP contribution in [0.5, 0.6) is 5.75 Å². The first-order valence-electron chi connectivity index (χ1n) is 15.1. The average molecular weight is 514 g/mol. The highest BCUT2D eigenvalue weighted by atomic mass is 16.6. The molecule has 5 aliphatic carbocycles. The third-order valence-electron chi connectivity index (χ3n) is 12.2.